The maximum absolute atomic E-state index is 6.48. The molecule has 1 unspecified atom stereocenters. The summed E-state index contributed by atoms with van der Waals surface area (Å²) >= 11 is 0. The standard InChI is InChI=1S/C24H30NOPSi/c1-25-17-20-13-8-9-14-21(20)27-22-15-10-16-23(28(2,3)4)24(22)26-18-19-11-6-5-7-12-19/h5-16,25,27H,17-18H2,1-4H3. The van der Waals surface area contributed by atoms with Crippen LogP contribution in [0.4, 0.5) is 0 Å². The van der Waals surface area contributed by atoms with Gasteiger partial charge >= 0.3 is 0 Å². The number of benzene rings is 3. The molecular weight excluding hydrogens is 377 g/mol. The average Bonchev–Trinajstić information content (AvgIpc) is 2.68. The first kappa shape index (κ1) is 20.8. The Morgan fingerprint density at radius 1 is 0.821 bits per heavy atom. The molecular formula is C24H30NOPSi. The van der Waals surface area contributed by atoms with E-state index in [2.05, 4.69) is 91.7 Å². The number of ether oxygens (including phenoxy) is 1. The molecule has 2 nitrogen and oxygen atoms in total. The Hall–Kier alpha value is -1.93. The molecule has 0 bridgehead atoms. The predicted octanol–water partition coefficient (Wildman–Crippen LogP) is 4.16. The summed E-state index contributed by atoms with van der Waals surface area (Å²) in [6, 6.07) is 25.8. The molecule has 0 aromatic heterocycles. The van der Waals surface area contributed by atoms with Crippen molar-refractivity contribution >= 4 is 32.5 Å². The van der Waals surface area contributed by atoms with Gasteiger partial charge < -0.3 is 10.1 Å². The van der Waals surface area contributed by atoms with Crippen molar-refractivity contribution in [1.29, 1.82) is 0 Å². The van der Waals surface area contributed by atoms with Gasteiger partial charge in [-0.2, -0.15) is 0 Å². The lowest BCUT2D eigenvalue weighted by molar-refractivity contribution is 0.311. The molecule has 146 valence electrons. The third-order valence-electron chi connectivity index (χ3n) is 4.70. The van der Waals surface area contributed by atoms with E-state index >= 15 is 0 Å². The van der Waals surface area contributed by atoms with Crippen LogP contribution < -0.4 is 25.8 Å². The Morgan fingerprint density at radius 3 is 2.21 bits per heavy atom. The van der Waals surface area contributed by atoms with Crippen LogP contribution in [-0.2, 0) is 13.2 Å². The summed E-state index contributed by atoms with van der Waals surface area (Å²) in [7, 11) is 1.06. The van der Waals surface area contributed by atoms with Gasteiger partial charge in [-0.1, -0.05) is 101 Å². The van der Waals surface area contributed by atoms with Gasteiger partial charge in [0.05, 0.1) is 8.07 Å². The maximum Gasteiger partial charge on any atom is 0.126 e. The van der Waals surface area contributed by atoms with Crippen molar-refractivity contribution < 1.29 is 4.74 Å². The van der Waals surface area contributed by atoms with Crippen molar-refractivity contribution in [1.82, 2.24) is 5.32 Å². The normalized spacial score (nSPS) is 11.9. The molecule has 0 aliphatic rings. The minimum atomic E-state index is -1.53. The first-order valence-corrected chi connectivity index (χ1v) is 14.3. The Labute approximate surface area is 172 Å². The number of rotatable bonds is 8. The molecule has 0 amide bonds. The lowest BCUT2D eigenvalue weighted by atomic mass is 10.2. The summed E-state index contributed by atoms with van der Waals surface area (Å²) in [5.74, 6) is 1.10. The van der Waals surface area contributed by atoms with Crippen LogP contribution in [0, 0.1) is 0 Å². The number of hydrogen-bond donors (Lipinski definition) is 1. The molecule has 0 saturated carbocycles. The van der Waals surface area contributed by atoms with E-state index in [1.807, 2.05) is 13.1 Å². The zero-order valence-electron chi connectivity index (χ0n) is 17.3. The van der Waals surface area contributed by atoms with Gasteiger partial charge in [0.15, 0.2) is 0 Å². The fourth-order valence-electron chi connectivity index (χ4n) is 3.24. The molecule has 3 aromatic rings. The first-order chi connectivity index (χ1) is 13.5. The molecule has 0 heterocycles. The van der Waals surface area contributed by atoms with E-state index in [0.29, 0.717) is 15.2 Å². The van der Waals surface area contributed by atoms with E-state index in [-0.39, 0.29) is 0 Å². The van der Waals surface area contributed by atoms with E-state index in [9.17, 15) is 0 Å². The molecule has 28 heavy (non-hydrogen) atoms. The molecule has 0 saturated heterocycles. The van der Waals surface area contributed by atoms with Crippen LogP contribution >= 0.6 is 8.58 Å². The van der Waals surface area contributed by atoms with Gasteiger partial charge in [-0.25, -0.2) is 0 Å². The highest BCUT2D eigenvalue weighted by molar-refractivity contribution is 7.56. The fourth-order valence-corrected chi connectivity index (χ4v) is 6.15. The van der Waals surface area contributed by atoms with Crippen LogP contribution in [0.5, 0.6) is 5.75 Å². The van der Waals surface area contributed by atoms with Gasteiger partial charge in [0.1, 0.15) is 12.4 Å². The zero-order valence-corrected chi connectivity index (χ0v) is 19.3. The highest BCUT2D eigenvalue weighted by Crippen LogP contribution is 2.23. The van der Waals surface area contributed by atoms with Crippen LogP contribution in [0.25, 0.3) is 0 Å². The Kier molecular flexibility index (Phi) is 7.06. The van der Waals surface area contributed by atoms with Crippen molar-refractivity contribution in [3.05, 3.63) is 83.9 Å². The minimum absolute atomic E-state index is 0.584. The molecule has 0 radical (unpaired) electrons. The van der Waals surface area contributed by atoms with E-state index < -0.39 is 8.07 Å². The van der Waals surface area contributed by atoms with Gasteiger partial charge in [-0.15, -0.1) is 0 Å². The summed E-state index contributed by atoms with van der Waals surface area (Å²) in [5.41, 5.74) is 2.56. The van der Waals surface area contributed by atoms with Gasteiger partial charge in [0.25, 0.3) is 0 Å². The van der Waals surface area contributed by atoms with E-state index in [0.717, 1.165) is 12.3 Å². The minimum Gasteiger partial charge on any atom is -0.488 e. The van der Waals surface area contributed by atoms with E-state index in [1.54, 1.807) is 0 Å². The second-order valence-corrected chi connectivity index (χ2v) is 14.4. The van der Waals surface area contributed by atoms with E-state index in [1.165, 1.54) is 26.9 Å². The number of hydrogen-bond acceptors (Lipinski definition) is 2. The SMILES string of the molecule is CNCc1ccccc1Pc1cccc([Si](C)(C)C)c1OCc1ccccc1. The van der Waals surface area contributed by atoms with Crippen LogP contribution in [0.3, 0.4) is 0 Å². The van der Waals surface area contributed by atoms with Crippen molar-refractivity contribution in [2.24, 2.45) is 0 Å². The molecule has 0 spiro atoms. The second-order valence-electron chi connectivity index (χ2n) is 8.02. The van der Waals surface area contributed by atoms with Gasteiger partial charge in [-0.3, -0.25) is 0 Å². The molecule has 1 atom stereocenters. The molecule has 0 fully saturated rings. The highest BCUT2D eigenvalue weighted by Gasteiger charge is 2.23. The predicted molar refractivity (Wildman–Crippen MR) is 127 cm³/mol. The van der Waals surface area contributed by atoms with Crippen LogP contribution in [0.2, 0.25) is 19.6 Å². The average molecular weight is 408 g/mol. The fraction of sp³-hybridized carbons (Fsp3) is 0.250. The third kappa shape index (κ3) is 5.32. The molecule has 3 rings (SSSR count). The Bertz CT molecular complexity index is 906. The monoisotopic (exact) mass is 407 g/mol. The summed E-state index contributed by atoms with van der Waals surface area (Å²) in [6.45, 7) is 8.66. The van der Waals surface area contributed by atoms with Crippen molar-refractivity contribution in [3.63, 3.8) is 0 Å². The highest BCUT2D eigenvalue weighted by atomic mass is 31.1. The molecule has 0 aliphatic carbocycles. The summed E-state index contributed by atoms with van der Waals surface area (Å²) in [6.07, 6.45) is 0. The van der Waals surface area contributed by atoms with Crippen LogP contribution in [0.15, 0.2) is 72.8 Å². The third-order valence-corrected chi connectivity index (χ3v) is 8.13. The van der Waals surface area contributed by atoms with Crippen molar-refractivity contribution in [3.8, 4) is 5.75 Å². The zero-order chi connectivity index (χ0) is 20.0. The first-order valence-electron chi connectivity index (χ1n) is 9.79. The van der Waals surface area contributed by atoms with Crippen LogP contribution in [0.1, 0.15) is 11.1 Å². The second kappa shape index (κ2) is 9.51. The van der Waals surface area contributed by atoms with E-state index in [4.69, 9.17) is 4.74 Å². The van der Waals surface area contributed by atoms with Gasteiger partial charge in [0, 0.05) is 11.8 Å². The van der Waals surface area contributed by atoms with Gasteiger partial charge in [-0.05, 0) is 28.7 Å². The largest absolute Gasteiger partial charge is 0.488 e. The molecule has 4 heteroatoms. The molecule has 3 aromatic carbocycles. The Balaban J connectivity index is 1.96. The smallest absolute Gasteiger partial charge is 0.126 e. The Morgan fingerprint density at radius 2 is 1.50 bits per heavy atom. The lowest BCUT2D eigenvalue weighted by Gasteiger charge is -2.24. The molecule has 1 N–H and O–H groups in total. The van der Waals surface area contributed by atoms with Crippen molar-refractivity contribution in [2.75, 3.05) is 7.05 Å². The summed E-state index contributed by atoms with van der Waals surface area (Å²) in [5, 5.41) is 7.38. The topological polar surface area (TPSA) is 21.3 Å². The summed E-state index contributed by atoms with van der Waals surface area (Å²) in [4.78, 5) is 0. The quantitative estimate of drug-likeness (QED) is 0.447. The maximum atomic E-state index is 6.48. The van der Waals surface area contributed by atoms with Crippen LogP contribution in [-0.4, -0.2) is 15.1 Å². The lowest BCUT2D eigenvalue weighted by Crippen LogP contribution is -2.40. The van der Waals surface area contributed by atoms with Gasteiger partial charge in [0.2, 0.25) is 0 Å². The summed E-state index contributed by atoms with van der Waals surface area (Å²) < 4.78 is 6.48. The van der Waals surface area contributed by atoms with Crippen molar-refractivity contribution in [2.45, 2.75) is 32.8 Å². The number of para-hydroxylation sites is 1. The number of nitrogens with one attached hydrogen (secondary N) is 1. The molecule has 0 aliphatic heterocycles.